The van der Waals surface area contributed by atoms with E-state index >= 15 is 0 Å². The van der Waals surface area contributed by atoms with Gasteiger partial charge in [-0.25, -0.2) is 9.78 Å². The summed E-state index contributed by atoms with van der Waals surface area (Å²) in [6.45, 7) is 5.67. The van der Waals surface area contributed by atoms with E-state index in [1.807, 2.05) is 71.6 Å². The van der Waals surface area contributed by atoms with E-state index < -0.39 is 0 Å². The van der Waals surface area contributed by atoms with Crippen LogP contribution in [0, 0.1) is 0 Å². The fraction of sp³-hybridized carbons (Fsp3) is 0.333. The van der Waals surface area contributed by atoms with Crippen LogP contribution in [-0.4, -0.2) is 36.2 Å². The first kappa shape index (κ1) is 23.3. The number of para-hydroxylation sites is 1. The zero-order valence-electron chi connectivity index (χ0n) is 19.2. The van der Waals surface area contributed by atoms with Gasteiger partial charge in [-0.3, -0.25) is 0 Å². The molecule has 0 aliphatic rings. The maximum atomic E-state index is 13.0. The third-order valence-corrected chi connectivity index (χ3v) is 5.28. The first-order valence-corrected chi connectivity index (χ1v) is 11.3. The fourth-order valence-corrected chi connectivity index (χ4v) is 3.38. The molecule has 3 rings (SSSR count). The van der Waals surface area contributed by atoms with E-state index in [0.717, 1.165) is 53.6 Å². The van der Waals surface area contributed by atoms with E-state index in [1.165, 1.54) is 0 Å². The Bertz CT molecular complexity index is 1040. The number of ether oxygens (including phenoxy) is 2. The molecule has 0 saturated carbocycles. The molecule has 0 bridgehead atoms. The number of pyridine rings is 1. The van der Waals surface area contributed by atoms with Crippen LogP contribution in [0.4, 0.5) is 4.79 Å². The Morgan fingerprint density at radius 1 is 0.969 bits per heavy atom. The van der Waals surface area contributed by atoms with Crippen LogP contribution in [-0.2, 0) is 0 Å². The van der Waals surface area contributed by atoms with E-state index in [1.54, 1.807) is 7.11 Å². The van der Waals surface area contributed by atoms with Crippen molar-refractivity contribution in [3.63, 3.8) is 0 Å². The Morgan fingerprint density at radius 3 is 2.31 bits per heavy atom. The lowest BCUT2D eigenvalue weighted by atomic mass is 10.1. The second-order valence-electron chi connectivity index (χ2n) is 7.73. The number of hydrogen-bond acceptors (Lipinski definition) is 4. The second-order valence-corrected chi connectivity index (χ2v) is 7.73. The average Bonchev–Trinajstić information content (AvgIpc) is 2.83. The highest BCUT2D eigenvalue weighted by molar-refractivity contribution is 5.89. The fourth-order valence-electron chi connectivity index (χ4n) is 3.38. The zero-order chi connectivity index (χ0) is 22.8. The summed E-state index contributed by atoms with van der Waals surface area (Å²) in [6, 6.07) is 17.4. The van der Waals surface area contributed by atoms with Gasteiger partial charge >= 0.3 is 6.09 Å². The number of nitrogens with zero attached hydrogens (tertiary/aromatic N) is 2. The molecule has 5 nitrogen and oxygen atoms in total. The molecule has 3 aromatic rings. The molecule has 0 N–H and O–H groups in total. The topological polar surface area (TPSA) is 51.7 Å². The van der Waals surface area contributed by atoms with Crippen molar-refractivity contribution in [1.29, 1.82) is 0 Å². The standard InChI is InChI=1S/C27H32N2O3/c1-4-6-18-29(19-7-5-2)27(30)32-26-20-22(28-25-11-9-8-10-24(25)26)15-12-21-13-16-23(31-3)17-14-21/h8-17,20H,4-7,18-19H2,1-3H3. The third kappa shape index (κ3) is 6.33. The number of carbonyl (C=O) groups excluding carboxylic acids is 1. The van der Waals surface area contributed by atoms with Gasteiger partial charge in [0.2, 0.25) is 0 Å². The van der Waals surface area contributed by atoms with Crippen LogP contribution in [0.2, 0.25) is 0 Å². The summed E-state index contributed by atoms with van der Waals surface area (Å²) in [5.41, 5.74) is 2.56. The van der Waals surface area contributed by atoms with Crippen molar-refractivity contribution in [3.8, 4) is 11.5 Å². The van der Waals surface area contributed by atoms with Crippen LogP contribution in [0.1, 0.15) is 50.8 Å². The monoisotopic (exact) mass is 432 g/mol. The van der Waals surface area contributed by atoms with Crippen molar-refractivity contribution in [2.75, 3.05) is 20.2 Å². The van der Waals surface area contributed by atoms with Crippen LogP contribution >= 0.6 is 0 Å². The van der Waals surface area contributed by atoms with E-state index in [-0.39, 0.29) is 6.09 Å². The zero-order valence-corrected chi connectivity index (χ0v) is 19.2. The molecule has 168 valence electrons. The van der Waals surface area contributed by atoms with Crippen molar-refractivity contribution in [3.05, 3.63) is 65.9 Å². The normalized spacial score (nSPS) is 11.1. The van der Waals surface area contributed by atoms with Crippen LogP contribution < -0.4 is 9.47 Å². The lowest BCUT2D eigenvalue weighted by Gasteiger charge is -2.22. The van der Waals surface area contributed by atoms with Gasteiger partial charge in [-0.15, -0.1) is 0 Å². The Morgan fingerprint density at radius 2 is 1.66 bits per heavy atom. The summed E-state index contributed by atoms with van der Waals surface area (Å²) in [7, 11) is 1.65. The number of methoxy groups -OCH3 is 1. The molecule has 0 spiro atoms. The molecule has 0 aliphatic heterocycles. The number of fused-ring (bicyclic) bond motifs is 1. The largest absolute Gasteiger partial charge is 0.497 e. The molecule has 0 aliphatic carbocycles. The number of rotatable bonds is 10. The predicted octanol–water partition coefficient (Wildman–Crippen LogP) is 6.81. The summed E-state index contributed by atoms with van der Waals surface area (Å²) in [5, 5.41) is 0.827. The number of benzene rings is 2. The molecule has 1 aromatic heterocycles. The van der Waals surface area contributed by atoms with Gasteiger partial charge in [0.15, 0.2) is 0 Å². The van der Waals surface area contributed by atoms with Gasteiger partial charge in [0.25, 0.3) is 0 Å². The highest BCUT2D eigenvalue weighted by Gasteiger charge is 2.17. The van der Waals surface area contributed by atoms with E-state index in [4.69, 9.17) is 14.5 Å². The second kappa shape index (κ2) is 11.9. The quantitative estimate of drug-likeness (QED) is 0.353. The predicted molar refractivity (Wildman–Crippen MR) is 131 cm³/mol. The molecule has 0 atom stereocenters. The average molecular weight is 433 g/mol. The van der Waals surface area contributed by atoms with Crippen molar-refractivity contribution in [1.82, 2.24) is 9.88 Å². The van der Waals surface area contributed by atoms with E-state index in [9.17, 15) is 4.79 Å². The number of amides is 1. The van der Waals surface area contributed by atoms with E-state index in [0.29, 0.717) is 18.8 Å². The molecule has 1 heterocycles. The van der Waals surface area contributed by atoms with Crippen LogP contribution in [0.15, 0.2) is 54.6 Å². The lowest BCUT2D eigenvalue weighted by Crippen LogP contribution is -2.35. The molecular formula is C27H32N2O3. The molecule has 0 saturated heterocycles. The lowest BCUT2D eigenvalue weighted by molar-refractivity contribution is 0.151. The maximum Gasteiger partial charge on any atom is 0.415 e. The highest BCUT2D eigenvalue weighted by Crippen LogP contribution is 2.27. The van der Waals surface area contributed by atoms with Crippen LogP contribution in [0.25, 0.3) is 23.1 Å². The third-order valence-electron chi connectivity index (χ3n) is 5.28. The smallest absolute Gasteiger partial charge is 0.415 e. The van der Waals surface area contributed by atoms with Crippen molar-refractivity contribution >= 4 is 29.1 Å². The first-order valence-electron chi connectivity index (χ1n) is 11.3. The Labute approximate surface area is 190 Å². The summed E-state index contributed by atoms with van der Waals surface area (Å²) >= 11 is 0. The van der Waals surface area contributed by atoms with E-state index in [2.05, 4.69) is 13.8 Å². The maximum absolute atomic E-state index is 13.0. The molecule has 1 amide bonds. The minimum atomic E-state index is -0.298. The van der Waals surface area contributed by atoms with Crippen molar-refractivity contribution in [2.24, 2.45) is 0 Å². The molecule has 32 heavy (non-hydrogen) atoms. The van der Waals surface area contributed by atoms with Gasteiger partial charge in [0.05, 0.1) is 18.3 Å². The van der Waals surface area contributed by atoms with Crippen molar-refractivity contribution < 1.29 is 14.3 Å². The summed E-state index contributed by atoms with van der Waals surface area (Å²) in [4.78, 5) is 19.5. The summed E-state index contributed by atoms with van der Waals surface area (Å²) in [6.07, 6.45) is 7.61. The molecule has 0 radical (unpaired) electrons. The number of aromatic nitrogens is 1. The first-order chi connectivity index (χ1) is 15.6. The van der Waals surface area contributed by atoms with Gasteiger partial charge < -0.3 is 14.4 Å². The number of hydrogen-bond donors (Lipinski definition) is 0. The Hall–Kier alpha value is -3.34. The minimum absolute atomic E-state index is 0.298. The number of unbranched alkanes of at least 4 members (excludes halogenated alkanes) is 2. The van der Waals surface area contributed by atoms with Crippen LogP contribution in [0.3, 0.4) is 0 Å². The van der Waals surface area contributed by atoms with Gasteiger partial charge in [0, 0.05) is 24.5 Å². The van der Waals surface area contributed by atoms with Gasteiger partial charge in [-0.1, -0.05) is 57.0 Å². The molecule has 2 aromatic carbocycles. The van der Waals surface area contributed by atoms with Gasteiger partial charge in [-0.2, -0.15) is 0 Å². The molecule has 0 unspecified atom stereocenters. The highest BCUT2D eigenvalue weighted by atomic mass is 16.6. The van der Waals surface area contributed by atoms with Crippen LogP contribution in [0.5, 0.6) is 11.5 Å². The SMILES string of the molecule is CCCCN(CCCC)C(=O)Oc1cc(C=Cc2ccc(OC)cc2)nc2ccccc12. The molecule has 5 heteroatoms. The number of carbonyl (C=O) groups is 1. The molecular weight excluding hydrogens is 400 g/mol. The van der Waals surface area contributed by atoms with Gasteiger partial charge in [0.1, 0.15) is 11.5 Å². The summed E-state index contributed by atoms with van der Waals surface area (Å²) in [5.74, 6) is 1.35. The summed E-state index contributed by atoms with van der Waals surface area (Å²) < 4.78 is 11.1. The molecule has 0 fully saturated rings. The van der Waals surface area contributed by atoms with Gasteiger partial charge in [-0.05, 0) is 48.7 Å². The minimum Gasteiger partial charge on any atom is -0.497 e. The Kier molecular flexibility index (Phi) is 8.67. The Balaban J connectivity index is 1.86. The van der Waals surface area contributed by atoms with Crippen molar-refractivity contribution in [2.45, 2.75) is 39.5 Å².